The molecule has 0 aliphatic rings. The lowest BCUT2D eigenvalue weighted by Gasteiger charge is -2.09. The van der Waals surface area contributed by atoms with E-state index in [1.807, 2.05) is 42.5 Å². The highest BCUT2D eigenvalue weighted by molar-refractivity contribution is 7.92. The van der Waals surface area contributed by atoms with E-state index in [2.05, 4.69) is 10.0 Å². The Morgan fingerprint density at radius 1 is 0.885 bits per heavy atom. The predicted molar refractivity (Wildman–Crippen MR) is 106 cm³/mol. The summed E-state index contributed by atoms with van der Waals surface area (Å²) in [5.41, 5.74) is 2.03. The van der Waals surface area contributed by atoms with Crippen molar-refractivity contribution in [2.45, 2.75) is 13.3 Å². The van der Waals surface area contributed by atoms with Crippen molar-refractivity contribution in [3.05, 3.63) is 72.3 Å². The minimum absolute atomic E-state index is 0.0112. The summed E-state index contributed by atoms with van der Waals surface area (Å²) in [5.74, 6) is -0.112. The molecule has 0 atom stereocenters. The highest BCUT2D eigenvalue weighted by atomic mass is 32.2. The monoisotopic (exact) mass is 368 g/mol. The van der Waals surface area contributed by atoms with Crippen LogP contribution in [-0.4, -0.2) is 20.1 Å². The molecular formula is C20H20N2O3S. The van der Waals surface area contributed by atoms with Gasteiger partial charge in [0, 0.05) is 11.4 Å². The molecule has 6 heteroatoms. The van der Waals surface area contributed by atoms with Crippen molar-refractivity contribution >= 4 is 38.1 Å². The van der Waals surface area contributed by atoms with Gasteiger partial charge in [-0.15, -0.1) is 0 Å². The van der Waals surface area contributed by atoms with Crippen molar-refractivity contribution in [1.29, 1.82) is 0 Å². The standard InChI is InChI=1S/C20H20N2O3S/c1-2-26(24,25)22-19-11-9-18(10-12-19)21-20(23)14-15-7-8-16-5-3-4-6-17(16)13-15/h3-13,22H,2,14H2,1H3,(H,21,23). The number of anilines is 2. The fourth-order valence-corrected chi connectivity index (χ4v) is 3.25. The van der Waals surface area contributed by atoms with Crippen LogP contribution in [0.25, 0.3) is 10.8 Å². The Morgan fingerprint density at radius 3 is 2.23 bits per heavy atom. The zero-order chi connectivity index (χ0) is 18.6. The van der Waals surface area contributed by atoms with E-state index in [9.17, 15) is 13.2 Å². The molecule has 3 aromatic rings. The maximum Gasteiger partial charge on any atom is 0.232 e. The number of amides is 1. The molecule has 0 aliphatic carbocycles. The van der Waals surface area contributed by atoms with Crippen LogP contribution in [0.2, 0.25) is 0 Å². The quantitative estimate of drug-likeness (QED) is 0.695. The maximum atomic E-state index is 12.3. The second-order valence-corrected chi connectivity index (χ2v) is 8.00. The van der Waals surface area contributed by atoms with Gasteiger partial charge in [0.2, 0.25) is 15.9 Å². The Bertz CT molecular complexity index is 1030. The molecule has 0 saturated heterocycles. The predicted octanol–water partition coefficient (Wildman–Crippen LogP) is 3.78. The fraction of sp³-hybridized carbons (Fsp3) is 0.150. The summed E-state index contributed by atoms with van der Waals surface area (Å²) >= 11 is 0. The third-order valence-electron chi connectivity index (χ3n) is 4.00. The van der Waals surface area contributed by atoms with E-state index in [1.165, 1.54) is 0 Å². The highest BCUT2D eigenvalue weighted by Crippen LogP contribution is 2.18. The summed E-state index contributed by atoms with van der Waals surface area (Å²) in [4.78, 5) is 12.3. The molecule has 0 aliphatic heterocycles. The summed E-state index contributed by atoms with van der Waals surface area (Å²) in [6, 6.07) is 20.6. The molecule has 0 spiro atoms. The Kier molecular flexibility index (Phi) is 5.23. The summed E-state index contributed by atoms with van der Waals surface area (Å²) in [7, 11) is -3.30. The van der Waals surface area contributed by atoms with Crippen LogP contribution in [0, 0.1) is 0 Å². The van der Waals surface area contributed by atoms with E-state index in [4.69, 9.17) is 0 Å². The van der Waals surface area contributed by atoms with Crippen LogP contribution < -0.4 is 10.0 Å². The van der Waals surface area contributed by atoms with Gasteiger partial charge in [-0.25, -0.2) is 8.42 Å². The van der Waals surface area contributed by atoms with Gasteiger partial charge in [0.25, 0.3) is 0 Å². The normalized spacial score (nSPS) is 11.3. The molecule has 3 rings (SSSR count). The van der Waals surface area contributed by atoms with Crippen molar-refractivity contribution in [2.24, 2.45) is 0 Å². The smallest absolute Gasteiger partial charge is 0.232 e. The molecule has 0 saturated carbocycles. The largest absolute Gasteiger partial charge is 0.326 e. The molecule has 5 nitrogen and oxygen atoms in total. The van der Waals surface area contributed by atoms with E-state index in [0.717, 1.165) is 16.3 Å². The summed E-state index contributed by atoms with van der Waals surface area (Å²) in [6.07, 6.45) is 0.273. The maximum absolute atomic E-state index is 12.3. The van der Waals surface area contributed by atoms with Crippen LogP contribution in [0.4, 0.5) is 11.4 Å². The summed E-state index contributed by atoms with van der Waals surface area (Å²) in [5, 5.41) is 5.07. The number of hydrogen-bond acceptors (Lipinski definition) is 3. The fourth-order valence-electron chi connectivity index (χ4n) is 2.61. The minimum atomic E-state index is -3.30. The van der Waals surface area contributed by atoms with Gasteiger partial charge in [-0.3, -0.25) is 9.52 Å². The van der Waals surface area contributed by atoms with Crippen LogP contribution in [0.15, 0.2) is 66.7 Å². The minimum Gasteiger partial charge on any atom is -0.326 e. The van der Waals surface area contributed by atoms with Crippen molar-refractivity contribution in [3.63, 3.8) is 0 Å². The van der Waals surface area contributed by atoms with E-state index in [1.54, 1.807) is 31.2 Å². The third-order valence-corrected chi connectivity index (χ3v) is 5.31. The Hall–Kier alpha value is -2.86. The average molecular weight is 368 g/mol. The lowest BCUT2D eigenvalue weighted by molar-refractivity contribution is -0.115. The second kappa shape index (κ2) is 7.58. The molecular weight excluding hydrogens is 348 g/mol. The van der Waals surface area contributed by atoms with Crippen molar-refractivity contribution in [2.75, 3.05) is 15.8 Å². The molecule has 0 radical (unpaired) electrons. The molecule has 26 heavy (non-hydrogen) atoms. The van der Waals surface area contributed by atoms with E-state index >= 15 is 0 Å². The molecule has 3 aromatic carbocycles. The number of benzene rings is 3. The molecule has 1 amide bonds. The lowest BCUT2D eigenvalue weighted by Crippen LogP contribution is -2.15. The first-order valence-corrected chi connectivity index (χ1v) is 9.98. The zero-order valence-electron chi connectivity index (χ0n) is 14.4. The number of nitrogens with one attached hydrogen (secondary N) is 2. The molecule has 0 heterocycles. The lowest BCUT2D eigenvalue weighted by atomic mass is 10.0. The molecule has 0 fully saturated rings. The number of rotatable bonds is 6. The Labute approximate surface area is 153 Å². The molecule has 0 aromatic heterocycles. The van der Waals surface area contributed by atoms with Crippen molar-refractivity contribution < 1.29 is 13.2 Å². The number of sulfonamides is 1. The van der Waals surface area contributed by atoms with Gasteiger partial charge in [-0.05, 0) is 47.5 Å². The SMILES string of the molecule is CCS(=O)(=O)Nc1ccc(NC(=O)Cc2ccc3ccccc3c2)cc1. The van der Waals surface area contributed by atoms with E-state index < -0.39 is 10.0 Å². The van der Waals surface area contributed by atoms with Gasteiger partial charge in [-0.2, -0.15) is 0 Å². The van der Waals surface area contributed by atoms with Crippen LogP contribution in [0.5, 0.6) is 0 Å². The zero-order valence-corrected chi connectivity index (χ0v) is 15.2. The van der Waals surface area contributed by atoms with Gasteiger partial charge >= 0.3 is 0 Å². The average Bonchev–Trinajstić information content (AvgIpc) is 2.63. The number of carbonyl (C=O) groups excluding carboxylic acids is 1. The highest BCUT2D eigenvalue weighted by Gasteiger charge is 2.08. The van der Waals surface area contributed by atoms with Gasteiger partial charge in [0.1, 0.15) is 0 Å². The Morgan fingerprint density at radius 2 is 1.54 bits per heavy atom. The topological polar surface area (TPSA) is 75.3 Å². The molecule has 0 bridgehead atoms. The second-order valence-electron chi connectivity index (χ2n) is 5.99. The first kappa shape index (κ1) is 17.9. The van der Waals surface area contributed by atoms with Gasteiger partial charge in [-0.1, -0.05) is 42.5 Å². The van der Waals surface area contributed by atoms with E-state index in [-0.39, 0.29) is 18.1 Å². The third kappa shape index (κ3) is 4.61. The number of carbonyl (C=O) groups is 1. The van der Waals surface area contributed by atoms with Crippen LogP contribution >= 0.6 is 0 Å². The van der Waals surface area contributed by atoms with E-state index in [0.29, 0.717) is 11.4 Å². The van der Waals surface area contributed by atoms with Crippen LogP contribution in [0.1, 0.15) is 12.5 Å². The first-order valence-electron chi connectivity index (χ1n) is 8.33. The number of hydrogen-bond donors (Lipinski definition) is 2. The van der Waals surface area contributed by atoms with Gasteiger partial charge in [0.15, 0.2) is 0 Å². The molecule has 134 valence electrons. The Balaban J connectivity index is 1.63. The van der Waals surface area contributed by atoms with Crippen molar-refractivity contribution in [3.8, 4) is 0 Å². The van der Waals surface area contributed by atoms with Gasteiger partial charge < -0.3 is 5.32 Å². The number of fused-ring (bicyclic) bond motifs is 1. The molecule has 2 N–H and O–H groups in total. The van der Waals surface area contributed by atoms with Gasteiger partial charge in [0.05, 0.1) is 12.2 Å². The molecule has 0 unspecified atom stereocenters. The summed E-state index contributed by atoms with van der Waals surface area (Å²) < 4.78 is 25.6. The van der Waals surface area contributed by atoms with Crippen molar-refractivity contribution in [1.82, 2.24) is 0 Å². The van der Waals surface area contributed by atoms with Crippen LogP contribution in [0.3, 0.4) is 0 Å². The summed E-state index contributed by atoms with van der Waals surface area (Å²) in [6.45, 7) is 1.57. The first-order chi connectivity index (χ1) is 12.4. The van der Waals surface area contributed by atoms with Crippen LogP contribution in [-0.2, 0) is 21.2 Å².